The predicted molar refractivity (Wildman–Crippen MR) is 198 cm³/mol. The molecule has 7 rings (SSSR count). The molecule has 4 fully saturated rings. The van der Waals surface area contributed by atoms with Gasteiger partial charge < -0.3 is 26.2 Å². The zero-order chi connectivity index (χ0) is 38.2. The van der Waals surface area contributed by atoms with Crippen molar-refractivity contribution in [1.29, 1.82) is 0 Å². The van der Waals surface area contributed by atoms with Gasteiger partial charge in [0.05, 0.1) is 6.20 Å². The van der Waals surface area contributed by atoms with E-state index in [1.165, 1.54) is 18.6 Å². The fourth-order valence-corrected chi connectivity index (χ4v) is 8.96. The van der Waals surface area contributed by atoms with Crippen molar-refractivity contribution < 1.29 is 28.8 Å². The molecule has 288 valence electrons. The van der Waals surface area contributed by atoms with Crippen molar-refractivity contribution in [2.45, 2.75) is 128 Å². The minimum atomic E-state index is -1.03. The van der Waals surface area contributed by atoms with E-state index in [0.717, 1.165) is 75.3 Å². The summed E-state index contributed by atoms with van der Waals surface area (Å²) in [5.41, 5.74) is 0.956. The van der Waals surface area contributed by atoms with Gasteiger partial charge in [0.2, 0.25) is 23.5 Å². The van der Waals surface area contributed by atoms with Crippen LogP contribution in [-0.4, -0.2) is 86.9 Å². The first-order chi connectivity index (χ1) is 25.8. The van der Waals surface area contributed by atoms with Gasteiger partial charge in [-0.3, -0.25) is 33.8 Å². The van der Waals surface area contributed by atoms with Gasteiger partial charge in [0.1, 0.15) is 29.9 Å². The Morgan fingerprint density at radius 2 is 1.44 bits per heavy atom. The van der Waals surface area contributed by atoms with Gasteiger partial charge in [-0.1, -0.05) is 70.7 Å². The van der Waals surface area contributed by atoms with Crippen LogP contribution in [0.5, 0.6) is 0 Å². The maximum Gasteiger partial charge on any atom is 0.289 e. The van der Waals surface area contributed by atoms with E-state index < -0.39 is 70.3 Å². The first kappa shape index (κ1) is 37.6. The molecule has 1 aromatic carbocycles. The highest BCUT2D eigenvalue weighted by Crippen LogP contribution is 2.50. The highest BCUT2D eigenvalue weighted by Gasteiger charge is 2.61. The number of carbonyl (C=O) groups is 6. The van der Waals surface area contributed by atoms with E-state index in [1.54, 1.807) is 4.90 Å². The van der Waals surface area contributed by atoms with Gasteiger partial charge >= 0.3 is 0 Å². The van der Waals surface area contributed by atoms with E-state index in [0.29, 0.717) is 19.4 Å². The summed E-state index contributed by atoms with van der Waals surface area (Å²) in [6.45, 7) is 5.89. The number of fused-ring (bicyclic) bond motifs is 1. The average Bonchev–Trinajstić information content (AvgIpc) is 3.85. The molecule has 1 saturated heterocycles. The van der Waals surface area contributed by atoms with Gasteiger partial charge in [-0.2, -0.15) is 0 Å². The van der Waals surface area contributed by atoms with Crippen molar-refractivity contribution in [1.82, 2.24) is 36.1 Å². The lowest BCUT2D eigenvalue weighted by Gasteiger charge is -2.56. The van der Waals surface area contributed by atoms with Crippen LogP contribution in [0.2, 0.25) is 0 Å². The third-order valence-electron chi connectivity index (χ3n) is 12.3. The van der Waals surface area contributed by atoms with Crippen LogP contribution in [0.1, 0.15) is 107 Å². The van der Waals surface area contributed by atoms with Crippen LogP contribution in [0, 0.1) is 22.7 Å². The van der Waals surface area contributed by atoms with Crippen LogP contribution in [-0.2, 0) is 36.8 Å². The molecule has 2 heterocycles. The molecule has 4 atom stereocenters. The lowest BCUT2D eigenvalue weighted by atomic mass is 9.67. The number of Topliss-reactive ketones (excluding diaryl/α,β-unsaturated/α-hetero) is 1. The summed E-state index contributed by atoms with van der Waals surface area (Å²) in [7, 11) is 0. The Morgan fingerprint density at radius 1 is 0.796 bits per heavy atom. The van der Waals surface area contributed by atoms with Crippen LogP contribution < -0.4 is 21.3 Å². The lowest BCUT2D eigenvalue weighted by molar-refractivity contribution is -0.169. The second-order valence-corrected chi connectivity index (χ2v) is 17.4. The number of amides is 5. The van der Waals surface area contributed by atoms with Crippen LogP contribution in [0.3, 0.4) is 0 Å². The van der Waals surface area contributed by atoms with Gasteiger partial charge in [-0.05, 0) is 79.7 Å². The molecule has 5 aliphatic rings. The summed E-state index contributed by atoms with van der Waals surface area (Å²) in [4.78, 5) is 93.2. The maximum absolute atomic E-state index is 14.8. The Morgan fingerprint density at radius 3 is 2.02 bits per heavy atom. The molecule has 1 aromatic heterocycles. The van der Waals surface area contributed by atoms with Crippen LogP contribution >= 0.6 is 0 Å². The fraction of sp³-hybridized carbons (Fsp3) is 0.610. The smallest absolute Gasteiger partial charge is 0.289 e. The molecule has 3 saturated carbocycles. The van der Waals surface area contributed by atoms with Crippen LogP contribution in [0.25, 0.3) is 0 Å². The Balaban J connectivity index is 1.14. The zero-order valence-corrected chi connectivity index (χ0v) is 31.6. The standard InChI is InChI=1S/C41H53N7O6/c1-40(2,3)33(47-36(51)31(25-10-5-4-6-11-25)46-35(50)29-22-42-18-19-43-29)39(54)48-23-41(20-26-12-7-8-13-27(26)21-41)34(48)38(53)45-30(24-14-9-15-24)32(49)37(52)44-28-16-17-28/h7-8,12-13,18-19,22,24-25,28,30-31,33-34H,4-6,9-11,14-17,20-21,23H2,1-3H3,(H,44,52)(H,45,53)(H,46,50)(H,47,51)/t30?,31-,33+,34?/m0/s1. The molecule has 0 bridgehead atoms. The number of rotatable bonds is 12. The Bertz CT molecular complexity index is 1750. The summed E-state index contributed by atoms with van der Waals surface area (Å²) in [5.74, 6) is -3.43. The Hall–Kier alpha value is -4.68. The molecule has 4 aliphatic carbocycles. The van der Waals surface area contributed by atoms with E-state index in [2.05, 4.69) is 31.2 Å². The minimum Gasteiger partial charge on any atom is -0.347 e. The first-order valence-electron chi connectivity index (χ1n) is 19.7. The van der Waals surface area contributed by atoms with Crippen LogP contribution in [0.4, 0.5) is 0 Å². The van der Waals surface area contributed by atoms with E-state index in [9.17, 15) is 28.8 Å². The summed E-state index contributed by atoms with van der Waals surface area (Å²) >= 11 is 0. The third-order valence-corrected chi connectivity index (χ3v) is 12.3. The number of hydrogen-bond acceptors (Lipinski definition) is 8. The van der Waals surface area contributed by atoms with Gasteiger partial charge in [0, 0.05) is 30.4 Å². The van der Waals surface area contributed by atoms with Gasteiger partial charge in [0.25, 0.3) is 11.8 Å². The number of nitrogens with zero attached hydrogens (tertiary/aromatic N) is 3. The van der Waals surface area contributed by atoms with Crippen LogP contribution in [0.15, 0.2) is 42.9 Å². The summed E-state index contributed by atoms with van der Waals surface area (Å²) in [5, 5.41) is 11.7. The van der Waals surface area contributed by atoms with E-state index in [1.807, 2.05) is 45.0 Å². The summed E-state index contributed by atoms with van der Waals surface area (Å²) < 4.78 is 0. The van der Waals surface area contributed by atoms with Crippen molar-refractivity contribution in [3.63, 3.8) is 0 Å². The molecule has 1 aliphatic heterocycles. The summed E-state index contributed by atoms with van der Waals surface area (Å²) in [6, 6.07) is 4.19. The molecule has 13 nitrogen and oxygen atoms in total. The third kappa shape index (κ3) is 7.77. The molecule has 0 radical (unpaired) electrons. The molecule has 4 N–H and O–H groups in total. The second kappa shape index (κ2) is 15.2. The molecule has 2 unspecified atom stereocenters. The number of carbonyl (C=O) groups excluding carboxylic acids is 6. The quantitative estimate of drug-likeness (QED) is 0.240. The van der Waals surface area contributed by atoms with Crippen molar-refractivity contribution in [2.24, 2.45) is 22.7 Å². The van der Waals surface area contributed by atoms with Gasteiger partial charge in [0.15, 0.2) is 0 Å². The fourth-order valence-electron chi connectivity index (χ4n) is 8.96. The number of ketones is 1. The zero-order valence-electron chi connectivity index (χ0n) is 31.6. The van der Waals surface area contributed by atoms with Crippen molar-refractivity contribution >= 4 is 35.3 Å². The van der Waals surface area contributed by atoms with Gasteiger partial charge in [-0.15, -0.1) is 0 Å². The number of likely N-dealkylation sites (tertiary alicyclic amines) is 1. The second-order valence-electron chi connectivity index (χ2n) is 17.4. The number of nitrogens with one attached hydrogen (secondary N) is 4. The van der Waals surface area contributed by atoms with E-state index in [-0.39, 0.29) is 23.6 Å². The SMILES string of the molecule is CC(C)(C)[C@H](NC(=O)[C@@H](NC(=O)c1cnccn1)C1CCCCC1)C(=O)N1CC2(Cc3ccccc3C2)C1C(=O)NC(C(=O)C(=O)NC1CC1)C1CCC1. The van der Waals surface area contributed by atoms with E-state index >= 15 is 0 Å². The Labute approximate surface area is 316 Å². The molecule has 1 spiro atoms. The molecule has 5 amide bonds. The molecular weight excluding hydrogens is 686 g/mol. The van der Waals surface area contributed by atoms with Gasteiger partial charge in [-0.25, -0.2) is 4.98 Å². The molecule has 13 heteroatoms. The lowest BCUT2D eigenvalue weighted by Crippen LogP contribution is -2.75. The highest BCUT2D eigenvalue weighted by molar-refractivity contribution is 6.38. The van der Waals surface area contributed by atoms with Crippen molar-refractivity contribution in [3.8, 4) is 0 Å². The number of hydrogen-bond donors (Lipinski definition) is 4. The Kier molecular flexibility index (Phi) is 10.6. The number of aromatic nitrogens is 2. The minimum absolute atomic E-state index is 0.00165. The predicted octanol–water partition coefficient (Wildman–Crippen LogP) is 2.81. The molecular formula is C41H53N7O6. The molecule has 54 heavy (non-hydrogen) atoms. The maximum atomic E-state index is 14.8. The van der Waals surface area contributed by atoms with E-state index in [4.69, 9.17) is 0 Å². The molecule has 2 aromatic rings. The first-order valence-corrected chi connectivity index (χ1v) is 19.7. The number of benzene rings is 1. The average molecular weight is 740 g/mol. The van der Waals surface area contributed by atoms with Crippen molar-refractivity contribution in [2.75, 3.05) is 6.54 Å². The van der Waals surface area contributed by atoms with Crippen molar-refractivity contribution in [3.05, 3.63) is 59.7 Å². The monoisotopic (exact) mass is 739 g/mol. The highest BCUT2D eigenvalue weighted by atomic mass is 16.2. The largest absolute Gasteiger partial charge is 0.347 e. The normalized spacial score (nSPS) is 22.4. The topological polar surface area (TPSA) is 180 Å². The summed E-state index contributed by atoms with van der Waals surface area (Å²) in [6.07, 6.45) is 13.9.